The highest BCUT2D eigenvalue weighted by Crippen LogP contribution is 2.22. The van der Waals surface area contributed by atoms with Gasteiger partial charge in [-0.25, -0.2) is 4.98 Å². The van der Waals surface area contributed by atoms with Gasteiger partial charge in [-0.3, -0.25) is 0 Å². The number of anilines is 1. The van der Waals surface area contributed by atoms with E-state index in [4.69, 9.17) is 5.73 Å². The molecule has 1 saturated heterocycles. The molecule has 1 aromatic heterocycles. The van der Waals surface area contributed by atoms with Crippen molar-refractivity contribution in [2.24, 2.45) is 11.7 Å². The fourth-order valence-electron chi connectivity index (χ4n) is 3.05. The molecule has 0 amide bonds. The SMILES string of the molecule is Cc1cc(CCN)cnc1N(C)CC1CCN(C)CC1. The molecule has 2 heterocycles. The Bertz CT molecular complexity index is 424. The van der Waals surface area contributed by atoms with Crippen LogP contribution in [0.2, 0.25) is 0 Å². The van der Waals surface area contributed by atoms with Gasteiger partial charge in [-0.1, -0.05) is 6.07 Å². The summed E-state index contributed by atoms with van der Waals surface area (Å²) in [6, 6.07) is 2.22. The number of rotatable bonds is 5. The molecule has 4 nitrogen and oxygen atoms in total. The van der Waals surface area contributed by atoms with Gasteiger partial charge < -0.3 is 15.5 Å². The van der Waals surface area contributed by atoms with E-state index in [0.717, 1.165) is 24.7 Å². The second-order valence-electron chi connectivity index (χ2n) is 6.15. The number of pyridine rings is 1. The molecule has 0 atom stereocenters. The molecule has 0 radical (unpaired) electrons. The number of hydrogen-bond acceptors (Lipinski definition) is 4. The van der Waals surface area contributed by atoms with E-state index in [1.165, 1.54) is 37.1 Å². The van der Waals surface area contributed by atoms with Crippen LogP contribution in [0.5, 0.6) is 0 Å². The topological polar surface area (TPSA) is 45.4 Å². The molecule has 1 aliphatic heterocycles. The Balaban J connectivity index is 1.96. The predicted octanol–water partition coefficient (Wildman–Crippen LogP) is 1.67. The predicted molar refractivity (Wildman–Crippen MR) is 85.2 cm³/mol. The van der Waals surface area contributed by atoms with Crippen LogP contribution in [0.3, 0.4) is 0 Å². The Kier molecular flexibility index (Phi) is 5.38. The number of nitrogens with two attached hydrogens (primary N) is 1. The lowest BCUT2D eigenvalue weighted by atomic mass is 9.96. The molecule has 0 unspecified atom stereocenters. The summed E-state index contributed by atoms with van der Waals surface area (Å²) in [5, 5.41) is 0. The summed E-state index contributed by atoms with van der Waals surface area (Å²) in [5.74, 6) is 1.91. The fraction of sp³-hybridized carbons (Fsp3) is 0.688. The Morgan fingerprint density at radius 3 is 2.70 bits per heavy atom. The normalized spacial score (nSPS) is 17.4. The van der Waals surface area contributed by atoms with Gasteiger partial charge in [-0.2, -0.15) is 0 Å². The molecule has 0 aromatic carbocycles. The summed E-state index contributed by atoms with van der Waals surface area (Å²) in [6.07, 6.45) is 5.48. The number of aryl methyl sites for hydroxylation is 1. The third kappa shape index (κ3) is 3.93. The molecule has 4 heteroatoms. The van der Waals surface area contributed by atoms with Gasteiger partial charge >= 0.3 is 0 Å². The largest absolute Gasteiger partial charge is 0.359 e. The average molecular weight is 276 g/mol. The fourth-order valence-corrected chi connectivity index (χ4v) is 3.05. The Hall–Kier alpha value is -1.13. The maximum Gasteiger partial charge on any atom is 0.131 e. The first-order valence-electron chi connectivity index (χ1n) is 7.65. The van der Waals surface area contributed by atoms with Crippen LogP contribution in [-0.4, -0.2) is 50.2 Å². The van der Waals surface area contributed by atoms with E-state index in [2.05, 4.69) is 41.9 Å². The Morgan fingerprint density at radius 1 is 1.40 bits per heavy atom. The Morgan fingerprint density at radius 2 is 2.10 bits per heavy atom. The van der Waals surface area contributed by atoms with Crippen molar-refractivity contribution in [3.05, 3.63) is 23.4 Å². The van der Waals surface area contributed by atoms with Gasteiger partial charge in [0.25, 0.3) is 0 Å². The first-order valence-corrected chi connectivity index (χ1v) is 7.65. The zero-order chi connectivity index (χ0) is 14.5. The van der Waals surface area contributed by atoms with Gasteiger partial charge in [0.05, 0.1) is 0 Å². The van der Waals surface area contributed by atoms with E-state index in [1.807, 2.05) is 6.20 Å². The van der Waals surface area contributed by atoms with Gasteiger partial charge in [0.1, 0.15) is 5.82 Å². The van der Waals surface area contributed by atoms with Crippen LogP contribution >= 0.6 is 0 Å². The number of likely N-dealkylation sites (tertiary alicyclic amines) is 1. The summed E-state index contributed by atoms with van der Waals surface area (Å²) in [6.45, 7) is 6.39. The van der Waals surface area contributed by atoms with Gasteiger partial charge in [-0.15, -0.1) is 0 Å². The first kappa shape index (κ1) is 15.3. The summed E-state index contributed by atoms with van der Waals surface area (Å²) in [5.41, 5.74) is 8.09. The molecule has 0 saturated carbocycles. The molecule has 1 aromatic rings. The van der Waals surface area contributed by atoms with Crippen molar-refractivity contribution >= 4 is 5.82 Å². The summed E-state index contributed by atoms with van der Waals surface area (Å²) >= 11 is 0. The maximum atomic E-state index is 5.60. The standard InChI is InChI=1S/C16H28N4/c1-13-10-15(4-7-17)11-18-16(13)20(3)12-14-5-8-19(2)9-6-14/h10-11,14H,4-9,12,17H2,1-3H3. The van der Waals surface area contributed by atoms with E-state index in [-0.39, 0.29) is 0 Å². The zero-order valence-electron chi connectivity index (χ0n) is 13.1. The molecule has 1 fully saturated rings. The van der Waals surface area contributed by atoms with Crippen molar-refractivity contribution in [3.8, 4) is 0 Å². The van der Waals surface area contributed by atoms with Crippen LogP contribution < -0.4 is 10.6 Å². The Labute approximate surface area is 123 Å². The van der Waals surface area contributed by atoms with Gasteiger partial charge in [-0.05, 0) is 69.9 Å². The van der Waals surface area contributed by atoms with Crippen LogP contribution in [-0.2, 0) is 6.42 Å². The number of piperidine rings is 1. The summed E-state index contributed by atoms with van der Waals surface area (Å²) in [7, 11) is 4.37. The van der Waals surface area contributed by atoms with E-state index in [1.54, 1.807) is 0 Å². The first-order chi connectivity index (χ1) is 9.60. The second kappa shape index (κ2) is 7.04. The van der Waals surface area contributed by atoms with Crippen LogP contribution in [0.25, 0.3) is 0 Å². The minimum absolute atomic E-state index is 0.686. The van der Waals surface area contributed by atoms with Crippen molar-refractivity contribution in [3.63, 3.8) is 0 Å². The number of nitrogens with zero attached hydrogens (tertiary/aromatic N) is 3. The second-order valence-corrected chi connectivity index (χ2v) is 6.15. The third-order valence-corrected chi connectivity index (χ3v) is 4.27. The maximum absolute atomic E-state index is 5.60. The van der Waals surface area contributed by atoms with Gasteiger partial charge in [0.2, 0.25) is 0 Å². The highest BCUT2D eigenvalue weighted by atomic mass is 15.2. The van der Waals surface area contributed by atoms with Gasteiger partial charge in [0, 0.05) is 19.8 Å². The molecule has 2 N–H and O–H groups in total. The zero-order valence-corrected chi connectivity index (χ0v) is 13.1. The molecule has 0 aliphatic carbocycles. The quantitative estimate of drug-likeness (QED) is 0.888. The lowest BCUT2D eigenvalue weighted by molar-refractivity contribution is 0.222. The van der Waals surface area contributed by atoms with Crippen molar-refractivity contribution < 1.29 is 0 Å². The lowest BCUT2D eigenvalue weighted by Crippen LogP contribution is -2.36. The highest BCUT2D eigenvalue weighted by molar-refractivity contribution is 5.46. The van der Waals surface area contributed by atoms with Crippen molar-refractivity contribution in [1.82, 2.24) is 9.88 Å². The van der Waals surface area contributed by atoms with E-state index >= 15 is 0 Å². The molecule has 112 valence electrons. The van der Waals surface area contributed by atoms with Crippen LogP contribution in [0.4, 0.5) is 5.82 Å². The van der Waals surface area contributed by atoms with Crippen molar-refractivity contribution in [2.75, 3.05) is 45.2 Å². The van der Waals surface area contributed by atoms with E-state index in [9.17, 15) is 0 Å². The van der Waals surface area contributed by atoms with Crippen molar-refractivity contribution in [2.45, 2.75) is 26.2 Å². The average Bonchev–Trinajstić information content (AvgIpc) is 2.42. The molecule has 20 heavy (non-hydrogen) atoms. The van der Waals surface area contributed by atoms with Crippen LogP contribution in [0.15, 0.2) is 12.3 Å². The summed E-state index contributed by atoms with van der Waals surface area (Å²) in [4.78, 5) is 9.37. The number of aromatic nitrogens is 1. The molecule has 2 rings (SSSR count). The molecular weight excluding hydrogens is 248 g/mol. The van der Waals surface area contributed by atoms with Crippen LogP contribution in [0, 0.1) is 12.8 Å². The van der Waals surface area contributed by atoms with Crippen molar-refractivity contribution in [1.29, 1.82) is 0 Å². The molecule has 1 aliphatic rings. The molecule has 0 bridgehead atoms. The minimum Gasteiger partial charge on any atom is -0.359 e. The van der Waals surface area contributed by atoms with E-state index < -0.39 is 0 Å². The lowest BCUT2D eigenvalue weighted by Gasteiger charge is -2.32. The molecule has 0 spiro atoms. The van der Waals surface area contributed by atoms with E-state index in [0.29, 0.717) is 6.54 Å². The highest BCUT2D eigenvalue weighted by Gasteiger charge is 2.19. The van der Waals surface area contributed by atoms with Gasteiger partial charge in [0.15, 0.2) is 0 Å². The molecular formula is C16H28N4. The minimum atomic E-state index is 0.686. The monoisotopic (exact) mass is 276 g/mol. The number of hydrogen-bond donors (Lipinski definition) is 1. The summed E-state index contributed by atoms with van der Waals surface area (Å²) < 4.78 is 0. The van der Waals surface area contributed by atoms with Crippen LogP contribution in [0.1, 0.15) is 24.0 Å². The smallest absolute Gasteiger partial charge is 0.131 e. The third-order valence-electron chi connectivity index (χ3n) is 4.27.